The maximum atomic E-state index is 3.19. The molecule has 0 aliphatic heterocycles. The van der Waals surface area contributed by atoms with E-state index in [9.17, 15) is 0 Å². The number of H-pyrrole nitrogens is 1. The molecule has 0 aromatic carbocycles. The molecule has 0 saturated heterocycles. The van der Waals surface area contributed by atoms with Gasteiger partial charge in [0.05, 0.1) is 0 Å². The van der Waals surface area contributed by atoms with Crippen molar-refractivity contribution in [2.75, 3.05) is 27.3 Å². The minimum Gasteiger partial charge on any atom is -0.365 e. The fourth-order valence-corrected chi connectivity index (χ4v) is 1.18. The standard InChI is InChI=1S/C9H17N3/c1-10-8-12(2)7-5-9-4-3-6-11-9/h3-4,6,10-11H,5,7-8H2,1-2H3. The number of likely N-dealkylation sites (N-methyl/N-ethyl adjacent to an activating group) is 1. The number of nitrogens with one attached hydrogen (secondary N) is 2. The molecule has 12 heavy (non-hydrogen) atoms. The van der Waals surface area contributed by atoms with Crippen LogP contribution < -0.4 is 5.32 Å². The molecule has 0 aliphatic carbocycles. The van der Waals surface area contributed by atoms with Crippen LogP contribution in [0.5, 0.6) is 0 Å². The van der Waals surface area contributed by atoms with Crippen LogP contribution in [0.2, 0.25) is 0 Å². The van der Waals surface area contributed by atoms with Gasteiger partial charge in [0.1, 0.15) is 0 Å². The summed E-state index contributed by atoms with van der Waals surface area (Å²) in [5.74, 6) is 0. The molecule has 0 radical (unpaired) electrons. The molecule has 0 aliphatic rings. The molecule has 1 aromatic rings. The van der Waals surface area contributed by atoms with Crippen LogP contribution in [0.25, 0.3) is 0 Å². The predicted molar refractivity (Wildman–Crippen MR) is 51.1 cm³/mol. The Morgan fingerprint density at radius 3 is 3.00 bits per heavy atom. The van der Waals surface area contributed by atoms with Crippen LogP contribution in [-0.2, 0) is 6.42 Å². The van der Waals surface area contributed by atoms with Crippen molar-refractivity contribution >= 4 is 0 Å². The van der Waals surface area contributed by atoms with Crippen LogP contribution >= 0.6 is 0 Å². The Morgan fingerprint density at radius 1 is 1.58 bits per heavy atom. The zero-order chi connectivity index (χ0) is 8.81. The summed E-state index contributed by atoms with van der Waals surface area (Å²) in [6, 6.07) is 4.15. The summed E-state index contributed by atoms with van der Waals surface area (Å²) in [6.07, 6.45) is 3.05. The van der Waals surface area contributed by atoms with Crippen LogP contribution in [0.4, 0.5) is 0 Å². The quantitative estimate of drug-likeness (QED) is 0.631. The average molecular weight is 167 g/mol. The lowest BCUT2D eigenvalue weighted by Crippen LogP contribution is -2.30. The Hall–Kier alpha value is -0.800. The molecule has 1 heterocycles. The number of hydrogen-bond donors (Lipinski definition) is 2. The zero-order valence-corrected chi connectivity index (χ0v) is 7.80. The maximum Gasteiger partial charge on any atom is 0.0475 e. The highest BCUT2D eigenvalue weighted by molar-refractivity contribution is 5.03. The third-order valence-electron chi connectivity index (χ3n) is 1.85. The zero-order valence-electron chi connectivity index (χ0n) is 7.80. The second-order valence-corrected chi connectivity index (χ2v) is 3.04. The van der Waals surface area contributed by atoms with Crippen LogP contribution in [0, 0.1) is 0 Å². The van der Waals surface area contributed by atoms with E-state index in [4.69, 9.17) is 0 Å². The minimum absolute atomic E-state index is 0.945. The lowest BCUT2D eigenvalue weighted by molar-refractivity contribution is 0.320. The van der Waals surface area contributed by atoms with Crippen LogP contribution in [0.1, 0.15) is 5.69 Å². The molecule has 0 atom stereocenters. The van der Waals surface area contributed by atoms with Crippen molar-refractivity contribution in [3.05, 3.63) is 24.0 Å². The van der Waals surface area contributed by atoms with Crippen molar-refractivity contribution < 1.29 is 0 Å². The van der Waals surface area contributed by atoms with Gasteiger partial charge in [-0.15, -0.1) is 0 Å². The summed E-state index contributed by atoms with van der Waals surface area (Å²) >= 11 is 0. The Balaban J connectivity index is 2.17. The molecule has 3 heteroatoms. The molecule has 0 bridgehead atoms. The van der Waals surface area contributed by atoms with Gasteiger partial charge in [-0.25, -0.2) is 0 Å². The molecule has 1 aromatic heterocycles. The normalized spacial score (nSPS) is 10.9. The summed E-state index contributed by atoms with van der Waals surface area (Å²) in [4.78, 5) is 5.44. The SMILES string of the molecule is CNCN(C)CCc1ccc[nH]1. The topological polar surface area (TPSA) is 31.1 Å². The van der Waals surface area contributed by atoms with Gasteiger partial charge in [-0.1, -0.05) is 0 Å². The molecule has 2 N–H and O–H groups in total. The van der Waals surface area contributed by atoms with Crippen LogP contribution in [0.3, 0.4) is 0 Å². The highest BCUT2D eigenvalue weighted by Crippen LogP contribution is 1.96. The van der Waals surface area contributed by atoms with E-state index in [1.165, 1.54) is 5.69 Å². The maximum absolute atomic E-state index is 3.19. The Bertz CT molecular complexity index is 194. The average Bonchev–Trinajstić information content (AvgIpc) is 2.53. The van der Waals surface area contributed by atoms with Gasteiger partial charge >= 0.3 is 0 Å². The predicted octanol–water partition coefficient (Wildman–Crippen LogP) is 0.666. The molecular formula is C9H17N3. The highest BCUT2D eigenvalue weighted by atomic mass is 15.2. The van der Waals surface area contributed by atoms with E-state index in [1.54, 1.807) is 0 Å². The smallest absolute Gasteiger partial charge is 0.0475 e. The van der Waals surface area contributed by atoms with Gasteiger partial charge in [-0.3, -0.25) is 4.90 Å². The lowest BCUT2D eigenvalue weighted by Gasteiger charge is -2.14. The van der Waals surface area contributed by atoms with Crippen LogP contribution in [0.15, 0.2) is 18.3 Å². The van der Waals surface area contributed by atoms with Crippen LogP contribution in [-0.4, -0.2) is 37.2 Å². The molecular weight excluding hydrogens is 150 g/mol. The molecule has 0 spiro atoms. The number of aromatic nitrogens is 1. The van der Waals surface area contributed by atoms with E-state index < -0.39 is 0 Å². The molecule has 0 saturated carbocycles. The fourth-order valence-electron chi connectivity index (χ4n) is 1.18. The highest BCUT2D eigenvalue weighted by Gasteiger charge is 1.97. The molecule has 68 valence electrons. The van der Waals surface area contributed by atoms with Gasteiger partial charge in [-0.05, 0) is 26.2 Å². The van der Waals surface area contributed by atoms with Crippen molar-refractivity contribution in [3.8, 4) is 0 Å². The van der Waals surface area contributed by atoms with Gasteiger partial charge in [-0.2, -0.15) is 0 Å². The summed E-state index contributed by atoms with van der Waals surface area (Å²) < 4.78 is 0. The van der Waals surface area contributed by atoms with Crippen molar-refractivity contribution in [1.82, 2.24) is 15.2 Å². The summed E-state index contributed by atoms with van der Waals surface area (Å²) in [5.41, 5.74) is 1.30. The third-order valence-corrected chi connectivity index (χ3v) is 1.85. The van der Waals surface area contributed by atoms with E-state index >= 15 is 0 Å². The summed E-state index contributed by atoms with van der Waals surface area (Å²) in [7, 11) is 4.07. The first-order valence-corrected chi connectivity index (χ1v) is 4.28. The largest absolute Gasteiger partial charge is 0.365 e. The summed E-state index contributed by atoms with van der Waals surface area (Å²) in [5, 5.41) is 3.11. The van der Waals surface area contributed by atoms with Crippen molar-refractivity contribution in [3.63, 3.8) is 0 Å². The van der Waals surface area contributed by atoms with Crippen molar-refractivity contribution in [2.45, 2.75) is 6.42 Å². The number of nitrogens with zero attached hydrogens (tertiary/aromatic N) is 1. The number of aromatic amines is 1. The minimum atomic E-state index is 0.945. The first-order chi connectivity index (χ1) is 5.83. The first-order valence-electron chi connectivity index (χ1n) is 4.28. The van der Waals surface area contributed by atoms with E-state index in [2.05, 4.69) is 28.3 Å². The Kier molecular flexibility index (Phi) is 3.84. The fraction of sp³-hybridized carbons (Fsp3) is 0.556. The Morgan fingerprint density at radius 2 is 2.42 bits per heavy atom. The van der Waals surface area contributed by atoms with Gasteiger partial charge < -0.3 is 10.3 Å². The van der Waals surface area contributed by atoms with E-state index in [-0.39, 0.29) is 0 Å². The third kappa shape index (κ3) is 3.07. The lowest BCUT2D eigenvalue weighted by atomic mass is 10.3. The summed E-state index contributed by atoms with van der Waals surface area (Å²) in [6.45, 7) is 2.03. The second-order valence-electron chi connectivity index (χ2n) is 3.04. The van der Waals surface area contributed by atoms with Gasteiger partial charge in [0, 0.05) is 31.5 Å². The number of hydrogen-bond acceptors (Lipinski definition) is 2. The van der Waals surface area contributed by atoms with E-state index in [0.717, 1.165) is 19.6 Å². The van der Waals surface area contributed by atoms with Gasteiger partial charge in [0.25, 0.3) is 0 Å². The first kappa shape index (κ1) is 9.29. The number of rotatable bonds is 5. The van der Waals surface area contributed by atoms with E-state index in [1.807, 2.05) is 19.3 Å². The Labute approximate surface area is 73.8 Å². The van der Waals surface area contributed by atoms with Gasteiger partial charge in [0.2, 0.25) is 0 Å². The van der Waals surface area contributed by atoms with Crippen molar-refractivity contribution in [2.24, 2.45) is 0 Å². The second kappa shape index (κ2) is 4.95. The van der Waals surface area contributed by atoms with Crippen molar-refractivity contribution in [1.29, 1.82) is 0 Å². The molecule has 0 amide bonds. The monoisotopic (exact) mass is 167 g/mol. The molecule has 0 unspecified atom stereocenters. The molecule has 0 fully saturated rings. The molecule has 1 rings (SSSR count). The van der Waals surface area contributed by atoms with E-state index in [0.29, 0.717) is 0 Å². The molecule has 3 nitrogen and oxygen atoms in total. The van der Waals surface area contributed by atoms with Gasteiger partial charge in [0.15, 0.2) is 0 Å².